The van der Waals surface area contributed by atoms with E-state index in [1.807, 2.05) is 109 Å². The van der Waals surface area contributed by atoms with Crippen molar-refractivity contribution in [3.05, 3.63) is 332 Å². The van der Waals surface area contributed by atoms with E-state index in [0.29, 0.717) is 0 Å². The number of halogens is 4. The smallest absolute Gasteiger partial charge is 0.209 e. The lowest BCUT2D eigenvalue weighted by Crippen LogP contribution is -2.12. The van der Waals surface area contributed by atoms with Crippen LogP contribution in [0, 0.1) is 30.2 Å². The van der Waals surface area contributed by atoms with E-state index in [9.17, 15) is 22.7 Å². The van der Waals surface area contributed by atoms with Crippen LogP contribution in [0.4, 0.5) is 17.6 Å². The summed E-state index contributed by atoms with van der Waals surface area (Å²) in [5.41, 5.74) is 1.29. The predicted octanol–water partition coefficient (Wildman–Crippen LogP) is 19.9. The molecule has 2 aliphatic rings. The Labute approximate surface area is 498 Å². The Morgan fingerprint density at radius 3 is 0.798 bits per heavy atom. The van der Waals surface area contributed by atoms with Gasteiger partial charge in [0, 0.05) is 0 Å². The molecular formula is C73H54F4O3S4+4. The van der Waals surface area contributed by atoms with Crippen LogP contribution in [0.1, 0.15) is 5.56 Å². The molecule has 0 aromatic heterocycles. The Kier molecular flexibility index (Phi) is 18.3. The van der Waals surface area contributed by atoms with Crippen molar-refractivity contribution in [2.45, 2.75) is 65.7 Å². The van der Waals surface area contributed by atoms with Gasteiger partial charge in [-0.3, -0.25) is 0 Å². The van der Waals surface area contributed by atoms with Crippen LogP contribution in [0.2, 0.25) is 0 Å². The summed E-state index contributed by atoms with van der Waals surface area (Å²) in [4.78, 5) is 13.7. The van der Waals surface area contributed by atoms with Gasteiger partial charge in [-0.05, 0) is 213 Å². The second-order valence-electron chi connectivity index (χ2n) is 19.0. The third kappa shape index (κ3) is 13.6. The number of aryl methyl sites for hydroxylation is 1. The summed E-state index contributed by atoms with van der Waals surface area (Å²) in [6.07, 6.45) is 0. The van der Waals surface area contributed by atoms with Gasteiger partial charge < -0.3 is 14.6 Å². The largest absolute Gasteiger partial charge is 0.508 e. The van der Waals surface area contributed by atoms with Gasteiger partial charge >= 0.3 is 0 Å². The minimum Gasteiger partial charge on any atom is -0.508 e. The Hall–Kier alpha value is -8.84. The zero-order valence-corrected chi connectivity index (χ0v) is 48.5. The molecule has 0 unspecified atom stereocenters. The van der Waals surface area contributed by atoms with Crippen LogP contribution < -0.4 is 9.47 Å². The van der Waals surface area contributed by atoms with E-state index in [0.717, 1.165) is 42.6 Å². The molecule has 84 heavy (non-hydrogen) atoms. The molecule has 1 N–H and O–H groups in total. The molecule has 0 aliphatic carbocycles. The van der Waals surface area contributed by atoms with E-state index in [1.165, 1.54) is 93.3 Å². The number of ether oxygens (including phenoxy) is 2. The first-order chi connectivity index (χ1) is 41.1. The third-order valence-corrected chi connectivity index (χ3v) is 22.3. The van der Waals surface area contributed by atoms with Crippen LogP contribution in [-0.2, 0) is 43.6 Å². The Balaban J connectivity index is 0.000000117. The molecule has 3 nitrogen and oxygen atoms in total. The number of phenolic OH excluding ortho intramolecular Hbond substituents is 1. The molecule has 0 spiro atoms. The zero-order valence-electron chi connectivity index (χ0n) is 45.3. The quantitative estimate of drug-likeness (QED) is 0.122. The molecule has 0 bridgehead atoms. The van der Waals surface area contributed by atoms with E-state index in [4.69, 9.17) is 9.47 Å². The van der Waals surface area contributed by atoms with E-state index in [1.54, 1.807) is 48.5 Å². The van der Waals surface area contributed by atoms with Crippen LogP contribution in [0.5, 0.6) is 28.7 Å². The van der Waals surface area contributed by atoms with Gasteiger partial charge in [0.2, 0.25) is 19.6 Å². The van der Waals surface area contributed by atoms with Crippen molar-refractivity contribution in [3.8, 4) is 28.7 Å². The molecule has 0 fully saturated rings. The van der Waals surface area contributed by atoms with Gasteiger partial charge in [0.1, 0.15) is 50.8 Å². The number of hydrogen-bond acceptors (Lipinski definition) is 3. The average molecular weight is 1180 g/mol. The maximum absolute atomic E-state index is 13.2. The first-order valence-corrected chi connectivity index (χ1v) is 31.7. The molecule has 2 heterocycles. The van der Waals surface area contributed by atoms with Crippen molar-refractivity contribution >= 4 is 43.6 Å². The topological polar surface area (TPSA) is 38.7 Å². The summed E-state index contributed by atoms with van der Waals surface area (Å²) in [5, 5.41) is 9.52. The number of phenols is 1. The lowest BCUT2D eigenvalue weighted by molar-refractivity contribution is 0.452. The van der Waals surface area contributed by atoms with Crippen LogP contribution in [-0.4, -0.2) is 5.11 Å². The summed E-state index contributed by atoms with van der Waals surface area (Å²) in [6, 6.07) is 95.3. The molecule has 0 radical (unpaired) electrons. The molecule has 0 amide bonds. The molecule has 2 aliphatic heterocycles. The molecule has 12 aromatic rings. The van der Waals surface area contributed by atoms with Crippen molar-refractivity contribution < 1.29 is 32.1 Å². The highest BCUT2D eigenvalue weighted by molar-refractivity contribution is 7.98. The number of aromatic hydroxyl groups is 1. The van der Waals surface area contributed by atoms with Crippen LogP contribution in [0.25, 0.3) is 0 Å². The number of hydrogen-bond donors (Lipinski definition) is 1. The summed E-state index contributed by atoms with van der Waals surface area (Å²) >= 11 is 0. The van der Waals surface area contributed by atoms with Gasteiger partial charge in [-0.2, -0.15) is 0 Å². The standard InChI is InChI=1S/C19H15OS.C18H12F3S.C18H14FS.C18H12O2S/c1-14-10-12-15(13-11-14)21-18-8-4-2-6-16(18)20-17-7-3-5-9-19(17)21;19-13-1-7-16(8-2-13)22(17-9-3-14(20)4-10-17)18-11-5-15(21)6-12-18;19-15-11-13-18(14-12-15)20(16-7-3-1-4-8-16)17-9-5-2-6-10-17;19-13-9-11-14(12-10-13)21-17-7-3-1-5-15(17)20-16-6-2-4-8-18(16)21/h2-13H,1H3;1-12H;1-14H;1-12H/q3*+1;/p+1. The van der Waals surface area contributed by atoms with Crippen LogP contribution in [0.15, 0.2) is 362 Å². The number of para-hydroxylation sites is 4. The van der Waals surface area contributed by atoms with Crippen molar-refractivity contribution in [1.29, 1.82) is 0 Å². The first-order valence-electron chi connectivity index (χ1n) is 26.8. The van der Waals surface area contributed by atoms with Crippen molar-refractivity contribution in [3.63, 3.8) is 0 Å². The van der Waals surface area contributed by atoms with E-state index in [-0.39, 0.29) is 61.7 Å². The fraction of sp³-hybridized carbons (Fsp3) is 0.0137. The molecule has 0 atom stereocenters. The van der Waals surface area contributed by atoms with E-state index < -0.39 is 10.9 Å². The van der Waals surface area contributed by atoms with Gasteiger partial charge in [-0.25, -0.2) is 17.6 Å². The summed E-state index contributed by atoms with van der Waals surface area (Å²) in [7, 11) is -1.02. The van der Waals surface area contributed by atoms with Gasteiger partial charge in [0.25, 0.3) is 0 Å². The van der Waals surface area contributed by atoms with Gasteiger partial charge in [0.15, 0.2) is 62.2 Å². The van der Waals surface area contributed by atoms with Gasteiger partial charge in [0.05, 0.1) is 21.8 Å². The maximum Gasteiger partial charge on any atom is 0.209 e. The highest BCUT2D eigenvalue weighted by Crippen LogP contribution is 2.48. The molecular weight excluding hydrogens is 1130 g/mol. The molecule has 412 valence electrons. The van der Waals surface area contributed by atoms with Crippen molar-refractivity contribution in [2.75, 3.05) is 0 Å². The zero-order chi connectivity index (χ0) is 57.8. The fourth-order valence-electron chi connectivity index (χ4n) is 9.26. The highest BCUT2D eigenvalue weighted by Gasteiger charge is 2.40. The molecule has 11 heteroatoms. The number of rotatable bonds is 8. The van der Waals surface area contributed by atoms with Crippen LogP contribution >= 0.6 is 0 Å². The minimum absolute atomic E-state index is 0.0912. The number of fused-ring (bicyclic) bond motifs is 4. The Bertz CT molecular complexity index is 3710. The third-order valence-electron chi connectivity index (χ3n) is 13.2. The highest BCUT2D eigenvalue weighted by atomic mass is 32.2. The molecule has 12 aromatic carbocycles. The summed E-state index contributed by atoms with van der Waals surface area (Å²) in [5.74, 6) is 2.91. The van der Waals surface area contributed by atoms with E-state index >= 15 is 0 Å². The minimum atomic E-state index is -0.539. The van der Waals surface area contributed by atoms with Gasteiger partial charge in [-0.1, -0.05) is 103 Å². The summed E-state index contributed by atoms with van der Waals surface area (Å²) < 4.78 is 64.7. The number of benzene rings is 12. The molecule has 0 saturated heterocycles. The average Bonchev–Trinajstić information content (AvgIpc) is 3.06. The van der Waals surface area contributed by atoms with Crippen molar-refractivity contribution in [2.24, 2.45) is 0 Å². The van der Waals surface area contributed by atoms with Gasteiger partial charge in [-0.15, -0.1) is 0 Å². The second kappa shape index (κ2) is 27.0. The predicted molar refractivity (Wildman–Crippen MR) is 332 cm³/mol. The SMILES string of the molecule is Cc1ccc([S+]2c3ccccc3Oc3ccccc32)cc1.Fc1ccc([S+](c2ccc(F)cc2)c2ccc(F)cc2)cc1.Fc1ccc([S+](c2ccccc2)c2ccccc2)cc1.Oc1ccc([S+]2c3ccccc3Oc3ccccc32)cc1. The lowest BCUT2D eigenvalue weighted by atomic mass is 10.2. The molecule has 14 rings (SSSR count). The first kappa shape index (κ1) is 57.0. The fourth-order valence-corrected chi connectivity index (χ4v) is 17.8. The van der Waals surface area contributed by atoms with Crippen molar-refractivity contribution in [1.82, 2.24) is 0 Å². The molecule has 0 saturated carbocycles. The van der Waals surface area contributed by atoms with Crippen LogP contribution in [0.3, 0.4) is 0 Å². The maximum atomic E-state index is 13.2. The summed E-state index contributed by atoms with van der Waals surface area (Å²) in [6.45, 7) is 2.12. The lowest BCUT2D eigenvalue weighted by Gasteiger charge is -2.19. The monoisotopic (exact) mass is 1180 g/mol. The Morgan fingerprint density at radius 1 is 0.274 bits per heavy atom. The Morgan fingerprint density at radius 2 is 0.512 bits per heavy atom. The normalized spacial score (nSPS) is 12.0. The van der Waals surface area contributed by atoms with E-state index in [2.05, 4.69) is 104 Å². The second-order valence-corrected chi connectivity index (χ2v) is 26.9.